The van der Waals surface area contributed by atoms with Crippen LogP contribution in [-0.2, 0) is 4.74 Å². The first-order chi connectivity index (χ1) is 7.30. The molecule has 4 nitrogen and oxygen atoms in total. The maximum atomic E-state index is 8.28. The van der Waals surface area contributed by atoms with Crippen molar-refractivity contribution in [3.8, 4) is 0 Å². The highest BCUT2D eigenvalue weighted by molar-refractivity contribution is 4.98. The van der Waals surface area contributed by atoms with Crippen molar-refractivity contribution in [3.63, 3.8) is 0 Å². The van der Waals surface area contributed by atoms with Crippen LogP contribution in [0.2, 0.25) is 0 Å². The second kappa shape index (κ2) is 4.42. The molecular weight excluding hydrogens is 190 g/mol. The summed E-state index contributed by atoms with van der Waals surface area (Å²) < 4.78 is 6.15. The third-order valence-corrected chi connectivity index (χ3v) is 4.03. The second-order valence-corrected chi connectivity index (χ2v) is 4.75. The molecule has 15 heavy (non-hydrogen) atoms. The summed E-state index contributed by atoms with van der Waals surface area (Å²) >= 11 is 0. The van der Waals surface area contributed by atoms with Crippen LogP contribution in [0.5, 0.6) is 0 Å². The predicted molar refractivity (Wildman–Crippen MR) is 58.5 cm³/mol. The summed E-state index contributed by atoms with van der Waals surface area (Å²) in [6.07, 6.45) is 7.43. The molecule has 0 aromatic carbocycles. The van der Waals surface area contributed by atoms with Gasteiger partial charge in [-0.2, -0.15) is 0 Å². The van der Waals surface area contributed by atoms with Crippen molar-refractivity contribution in [2.75, 3.05) is 6.54 Å². The average Bonchev–Trinajstić information content (AvgIpc) is 2.84. The van der Waals surface area contributed by atoms with E-state index in [0.717, 1.165) is 18.8 Å². The SMILES string of the molecule is CC[C@@H]1CCC[C@]12CC[C@@H](CN=[N+]=[N-])O2. The maximum absolute atomic E-state index is 8.28. The van der Waals surface area contributed by atoms with Crippen LogP contribution in [0.15, 0.2) is 5.11 Å². The molecule has 1 aliphatic carbocycles. The molecule has 84 valence electrons. The van der Waals surface area contributed by atoms with E-state index in [0.29, 0.717) is 6.54 Å². The van der Waals surface area contributed by atoms with E-state index >= 15 is 0 Å². The molecule has 1 saturated heterocycles. The normalized spacial score (nSPS) is 39.5. The zero-order valence-electron chi connectivity index (χ0n) is 9.35. The van der Waals surface area contributed by atoms with Crippen LogP contribution in [0, 0.1) is 5.92 Å². The lowest BCUT2D eigenvalue weighted by Gasteiger charge is -2.30. The minimum absolute atomic E-state index is 0.143. The Hall–Kier alpha value is -0.730. The smallest absolute Gasteiger partial charge is 0.0715 e. The Bertz CT molecular complexity index is 275. The van der Waals surface area contributed by atoms with Gasteiger partial charge in [0.15, 0.2) is 0 Å². The quantitative estimate of drug-likeness (QED) is 0.399. The van der Waals surface area contributed by atoms with Gasteiger partial charge in [-0.05, 0) is 37.1 Å². The molecule has 2 rings (SSSR count). The van der Waals surface area contributed by atoms with Crippen molar-refractivity contribution < 1.29 is 4.74 Å². The number of nitrogens with zero attached hydrogens (tertiary/aromatic N) is 3. The third kappa shape index (κ3) is 1.97. The summed E-state index contributed by atoms with van der Waals surface area (Å²) in [6.45, 7) is 2.76. The molecule has 0 unspecified atom stereocenters. The third-order valence-electron chi connectivity index (χ3n) is 4.03. The molecule has 3 atom stereocenters. The fourth-order valence-corrected chi connectivity index (χ4v) is 3.29. The highest BCUT2D eigenvalue weighted by Gasteiger charge is 2.47. The number of hydrogen-bond acceptors (Lipinski definition) is 2. The summed E-state index contributed by atoms with van der Waals surface area (Å²) in [5.74, 6) is 0.730. The maximum Gasteiger partial charge on any atom is 0.0715 e. The van der Waals surface area contributed by atoms with Gasteiger partial charge in [-0.15, -0.1) is 0 Å². The van der Waals surface area contributed by atoms with E-state index in [2.05, 4.69) is 16.9 Å². The fraction of sp³-hybridized carbons (Fsp3) is 1.00. The molecule has 2 aliphatic rings. The summed E-state index contributed by atoms with van der Waals surface area (Å²) in [5.41, 5.74) is 8.43. The van der Waals surface area contributed by atoms with E-state index in [4.69, 9.17) is 10.3 Å². The van der Waals surface area contributed by atoms with Gasteiger partial charge in [0, 0.05) is 4.91 Å². The second-order valence-electron chi connectivity index (χ2n) is 4.75. The van der Waals surface area contributed by atoms with Gasteiger partial charge in [0.2, 0.25) is 0 Å². The number of azide groups is 1. The van der Waals surface area contributed by atoms with Crippen molar-refractivity contribution in [1.82, 2.24) is 0 Å². The Kier molecular flexibility index (Phi) is 3.17. The first kappa shape index (κ1) is 10.8. The van der Waals surface area contributed by atoms with Crippen molar-refractivity contribution in [2.45, 2.75) is 57.2 Å². The van der Waals surface area contributed by atoms with Crippen LogP contribution < -0.4 is 0 Å². The molecule has 0 aromatic rings. The molecular formula is C11H19N3O. The monoisotopic (exact) mass is 209 g/mol. The molecule has 2 fully saturated rings. The van der Waals surface area contributed by atoms with E-state index in [1.807, 2.05) is 0 Å². The van der Waals surface area contributed by atoms with Crippen molar-refractivity contribution in [2.24, 2.45) is 11.0 Å². The van der Waals surface area contributed by atoms with E-state index < -0.39 is 0 Å². The summed E-state index contributed by atoms with van der Waals surface area (Å²) in [4.78, 5) is 2.80. The van der Waals surface area contributed by atoms with Gasteiger partial charge in [0.1, 0.15) is 0 Å². The number of hydrogen-bond donors (Lipinski definition) is 0. The minimum atomic E-state index is 0.143. The van der Waals surface area contributed by atoms with Gasteiger partial charge in [-0.3, -0.25) is 0 Å². The van der Waals surface area contributed by atoms with Crippen LogP contribution in [0.25, 0.3) is 10.4 Å². The Morgan fingerprint density at radius 3 is 3.07 bits per heavy atom. The van der Waals surface area contributed by atoms with Crippen molar-refractivity contribution >= 4 is 0 Å². The minimum Gasteiger partial charge on any atom is -0.371 e. The molecule has 1 heterocycles. The zero-order valence-corrected chi connectivity index (χ0v) is 9.35. The number of rotatable bonds is 3. The van der Waals surface area contributed by atoms with Crippen LogP contribution in [0.3, 0.4) is 0 Å². The molecule has 0 aromatic heterocycles. The molecule has 0 N–H and O–H groups in total. The predicted octanol–water partition coefficient (Wildman–Crippen LogP) is 3.42. The van der Waals surface area contributed by atoms with Crippen LogP contribution >= 0.6 is 0 Å². The zero-order chi connectivity index (χ0) is 10.7. The van der Waals surface area contributed by atoms with Crippen molar-refractivity contribution in [3.05, 3.63) is 10.4 Å². The summed E-state index contributed by atoms with van der Waals surface area (Å²) in [6, 6.07) is 0. The summed E-state index contributed by atoms with van der Waals surface area (Å²) in [7, 11) is 0. The van der Waals surface area contributed by atoms with Crippen LogP contribution in [0.1, 0.15) is 45.4 Å². The highest BCUT2D eigenvalue weighted by Crippen LogP contribution is 2.48. The lowest BCUT2D eigenvalue weighted by molar-refractivity contribution is -0.0631. The van der Waals surface area contributed by atoms with E-state index in [1.54, 1.807) is 0 Å². The standard InChI is InChI=1S/C11H19N3O/c1-2-9-4-3-6-11(9)7-5-10(15-11)8-13-14-12/h9-10H,2-8H2,1H3/t9-,10+,11+/m1/s1. The molecule has 0 bridgehead atoms. The van der Waals surface area contributed by atoms with Gasteiger partial charge in [0.25, 0.3) is 0 Å². The largest absolute Gasteiger partial charge is 0.371 e. The molecule has 1 spiro atoms. The Morgan fingerprint density at radius 1 is 1.47 bits per heavy atom. The van der Waals surface area contributed by atoms with E-state index in [-0.39, 0.29) is 11.7 Å². The molecule has 1 aliphatic heterocycles. The van der Waals surface area contributed by atoms with Gasteiger partial charge >= 0.3 is 0 Å². The van der Waals surface area contributed by atoms with Crippen LogP contribution in [0.4, 0.5) is 0 Å². The van der Waals surface area contributed by atoms with Gasteiger partial charge in [-0.25, -0.2) is 0 Å². The lowest BCUT2D eigenvalue weighted by Crippen LogP contribution is -2.33. The molecule has 0 radical (unpaired) electrons. The first-order valence-corrected chi connectivity index (χ1v) is 5.99. The topological polar surface area (TPSA) is 58.0 Å². The molecule has 1 saturated carbocycles. The summed E-state index contributed by atoms with van der Waals surface area (Å²) in [5, 5.41) is 3.61. The molecule has 0 amide bonds. The van der Waals surface area contributed by atoms with Crippen LogP contribution in [-0.4, -0.2) is 18.2 Å². The highest BCUT2D eigenvalue weighted by atomic mass is 16.5. The first-order valence-electron chi connectivity index (χ1n) is 5.99. The average molecular weight is 209 g/mol. The number of ether oxygens (including phenoxy) is 1. The van der Waals surface area contributed by atoms with E-state index in [9.17, 15) is 0 Å². The lowest BCUT2D eigenvalue weighted by atomic mass is 9.86. The van der Waals surface area contributed by atoms with Gasteiger partial charge in [-0.1, -0.05) is 24.9 Å². The van der Waals surface area contributed by atoms with Gasteiger partial charge < -0.3 is 4.74 Å². The fourth-order valence-electron chi connectivity index (χ4n) is 3.29. The Balaban J connectivity index is 1.97. The Labute approximate surface area is 90.6 Å². The van der Waals surface area contributed by atoms with Gasteiger partial charge in [0.05, 0.1) is 18.2 Å². The Morgan fingerprint density at radius 2 is 2.33 bits per heavy atom. The van der Waals surface area contributed by atoms with Crippen molar-refractivity contribution in [1.29, 1.82) is 0 Å². The van der Waals surface area contributed by atoms with E-state index in [1.165, 1.54) is 25.7 Å². The molecule has 4 heteroatoms.